The number of nitrogens with zero attached hydrogens (tertiary/aromatic N) is 3. The van der Waals surface area contributed by atoms with Crippen molar-refractivity contribution in [2.45, 2.75) is 19.3 Å². The molecule has 0 radical (unpaired) electrons. The maximum Gasteiger partial charge on any atom is 0.160 e. The summed E-state index contributed by atoms with van der Waals surface area (Å²) in [6.45, 7) is 4.82. The predicted octanol–water partition coefficient (Wildman–Crippen LogP) is 12.7. The number of thiophene rings is 1. The molecule has 0 amide bonds. The van der Waals surface area contributed by atoms with Gasteiger partial charge in [0.05, 0.1) is 26.9 Å². The van der Waals surface area contributed by atoms with Crippen LogP contribution in [0.25, 0.3) is 92.3 Å². The molecule has 3 heterocycles. The number of para-hydroxylation sites is 2. The molecule has 240 valence electrons. The van der Waals surface area contributed by atoms with Crippen LogP contribution in [0.15, 0.2) is 152 Å². The molecule has 1 aliphatic rings. The molecule has 1 aliphatic carbocycles. The van der Waals surface area contributed by atoms with Crippen molar-refractivity contribution in [2.75, 3.05) is 0 Å². The molecule has 3 aromatic heterocycles. The van der Waals surface area contributed by atoms with Crippen LogP contribution in [0.5, 0.6) is 0 Å². The van der Waals surface area contributed by atoms with Crippen LogP contribution in [0.4, 0.5) is 0 Å². The van der Waals surface area contributed by atoms with Crippen molar-refractivity contribution in [1.29, 1.82) is 0 Å². The number of rotatable bonds is 3. The van der Waals surface area contributed by atoms with Gasteiger partial charge in [0.25, 0.3) is 0 Å². The standard InChI is InChI=1S/C47H31N3S/c1-47(2)35-23-10-6-19-31(35)39-40-33-21-8-12-25-37(33)50(44(40)45-41(42(39)47)34-22-9-13-26-38(34)51-45)30-18-14-17-29(27-30)46-48-36-24-11-7-20-32(36)43(49-46)28-15-4-3-5-16-28/h3-27H,1-2H3. The van der Waals surface area contributed by atoms with E-state index >= 15 is 0 Å². The van der Waals surface area contributed by atoms with Crippen LogP contribution in [-0.4, -0.2) is 14.5 Å². The first kappa shape index (κ1) is 28.7. The zero-order chi connectivity index (χ0) is 33.8. The molecular weight excluding hydrogens is 639 g/mol. The fraction of sp³-hybridized carbons (Fsp3) is 0.0638. The van der Waals surface area contributed by atoms with Crippen LogP contribution in [0.2, 0.25) is 0 Å². The SMILES string of the molecule is CC1(C)c2ccccc2-c2c1c1c3ccccc3sc1c1c2c2ccccc2n1-c1cccc(-c2nc(-c3ccccc3)c3ccccc3n2)c1. The van der Waals surface area contributed by atoms with E-state index < -0.39 is 0 Å². The van der Waals surface area contributed by atoms with Crippen molar-refractivity contribution < 1.29 is 0 Å². The van der Waals surface area contributed by atoms with Gasteiger partial charge >= 0.3 is 0 Å². The average Bonchev–Trinajstić information content (AvgIpc) is 3.81. The monoisotopic (exact) mass is 669 g/mol. The van der Waals surface area contributed by atoms with Crippen LogP contribution >= 0.6 is 11.3 Å². The van der Waals surface area contributed by atoms with Gasteiger partial charge in [-0.1, -0.05) is 135 Å². The summed E-state index contributed by atoms with van der Waals surface area (Å²) in [6, 6.07) is 54.5. The average molecular weight is 670 g/mol. The highest BCUT2D eigenvalue weighted by Crippen LogP contribution is 2.58. The third-order valence-corrected chi connectivity index (χ3v) is 12.1. The first-order valence-electron chi connectivity index (χ1n) is 17.5. The minimum absolute atomic E-state index is 0.144. The summed E-state index contributed by atoms with van der Waals surface area (Å²) in [7, 11) is 0. The molecule has 0 saturated carbocycles. The highest BCUT2D eigenvalue weighted by Gasteiger charge is 2.40. The third-order valence-electron chi connectivity index (χ3n) is 10.9. The predicted molar refractivity (Wildman–Crippen MR) is 215 cm³/mol. The molecule has 0 atom stereocenters. The van der Waals surface area contributed by atoms with E-state index in [0.717, 1.165) is 39.2 Å². The normalized spacial score (nSPS) is 13.5. The largest absolute Gasteiger partial charge is 0.308 e. The highest BCUT2D eigenvalue weighted by atomic mass is 32.1. The van der Waals surface area contributed by atoms with Crippen molar-refractivity contribution in [3.8, 4) is 39.5 Å². The lowest BCUT2D eigenvalue weighted by Crippen LogP contribution is -2.15. The van der Waals surface area contributed by atoms with E-state index in [2.05, 4.69) is 164 Å². The topological polar surface area (TPSA) is 30.7 Å². The van der Waals surface area contributed by atoms with Gasteiger partial charge in [-0.05, 0) is 52.6 Å². The zero-order valence-electron chi connectivity index (χ0n) is 28.2. The van der Waals surface area contributed by atoms with Crippen molar-refractivity contribution in [1.82, 2.24) is 14.5 Å². The van der Waals surface area contributed by atoms with Gasteiger partial charge < -0.3 is 4.57 Å². The maximum absolute atomic E-state index is 5.24. The molecule has 0 fully saturated rings. The molecule has 11 rings (SSSR count). The second-order valence-corrected chi connectivity index (χ2v) is 15.2. The summed E-state index contributed by atoms with van der Waals surface area (Å²) >= 11 is 1.92. The Kier molecular flexibility index (Phi) is 5.89. The number of benzene rings is 7. The van der Waals surface area contributed by atoms with Crippen LogP contribution < -0.4 is 0 Å². The van der Waals surface area contributed by atoms with Gasteiger partial charge in [0.15, 0.2) is 5.82 Å². The van der Waals surface area contributed by atoms with Gasteiger partial charge in [0.1, 0.15) is 0 Å². The molecule has 7 aromatic carbocycles. The van der Waals surface area contributed by atoms with E-state index in [-0.39, 0.29) is 5.41 Å². The summed E-state index contributed by atoms with van der Waals surface area (Å²) in [6.07, 6.45) is 0. The second kappa shape index (κ2) is 10.5. The maximum atomic E-state index is 5.24. The Labute approximate surface area is 299 Å². The van der Waals surface area contributed by atoms with E-state index in [1.807, 2.05) is 17.4 Å². The summed E-state index contributed by atoms with van der Waals surface area (Å²) in [5.74, 6) is 0.721. The number of hydrogen-bond acceptors (Lipinski definition) is 3. The number of aromatic nitrogens is 3. The van der Waals surface area contributed by atoms with Crippen molar-refractivity contribution >= 4 is 64.2 Å². The van der Waals surface area contributed by atoms with Crippen LogP contribution in [0, 0.1) is 0 Å². The van der Waals surface area contributed by atoms with Gasteiger partial charge in [0.2, 0.25) is 0 Å². The van der Waals surface area contributed by atoms with E-state index in [9.17, 15) is 0 Å². The lowest BCUT2D eigenvalue weighted by Gasteiger charge is -2.23. The number of hydrogen-bond donors (Lipinski definition) is 0. The first-order valence-corrected chi connectivity index (χ1v) is 18.3. The van der Waals surface area contributed by atoms with Crippen LogP contribution in [0.3, 0.4) is 0 Å². The van der Waals surface area contributed by atoms with Crippen molar-refractivity contribution in [3.63, 3.8) is 0 Å². The zero-order valence-corrected chi connectivity index (χ0v) is 29.0. The van der Waals surface area contributed by atoms with E-state index in [1.54, 1.807) is 0 Å². The molecule has 51 heavy (non-hydrogen) atoms. The summed E-state index contributed by atoms with van der Waals surface area (Å²) in [5.41, 5.74) is 12.9. The Morgan fingerprint density at radius 1 is 0.588 bits per heavy atom. The Balaban J connectivity index is 1.26. The quantitative estimate of drug-likeness (QED) is 0.187. The van der Waals surface area contributed by atoms with Gasteiger partial charge in [-0.3, -0.25) is 0 Å². The summed E-state index contributed by atoms with van der Waals surface area (Å²) in [5, 5.41) is 6.37. The molecule has 0 bridgehead atoms. The van der Waals surface area contributed by atoms with Gasteiger partial charge in [-0.2, -0.15) is 0 Å². The first-order chi connectivity index (χ1) is 25.1. The fourth-order valence-electron chi connectivity index (χ4n) is 8.77. The molecule has 0 N–H and O–H groups in total. The van der Waals surface area contributed by atoms with E-state index in [4.69, 9.17) is 9.97 Å². The van der Waals surface area contributed by atoms with Gasteiger partial charge in [-0.15, -0.1) is 11.3 Å². The van der Waals surface area contributed by atoms with Crippen LogP contribution in [-0.2, 0) is 5.41 Å². The lowest BCUT2D eigenvalue weighted by atomic mass is 9.80. The Hall–Kier alpha value is -6.10. The van der Waals surface area contributed by atoms with Gasteiger partial charge in [0, 0.05) is 53.9 Å². The summed E-state index contributed by atoms with van der Waals surface area (Å²) in [4.78, 5) is 10.4. The smallest absolute Gasteiger partial charge is 0.160 e. The lowest BCUT2D eigenvalue weighted by molar-refractivity contribution is 0.667. The molecule has 0 spiro atoms. The minimum atomic E-state index is -0.144. The minimum Gasteiger partial charge on any atom is -0.308 e. The third kappa shape index (κ3) is 3.94. The molecule has 4 heteroatoms. The molecule has 0 unspecified atom stereocenters. The Bertz CT molecular complexity index is 3060. The summed E-state index contributed by atoms with van der Waals surface area (Å²) < 4.78 is 5.15. The molecule has 10 aromatic rings. The van der Waals surface area contributed by atoms with E-state index in [0.29, 0.717) is 0 Å². The highest BCUT2D eigenvalue weighted by molar-refractivity contribution is 7.26. The number of fused-ring (bicyclic) bond motifs is 13. The molecule has 0 saturated heterocycles. The Morgan fingerprint density at radius 3 is 2.18 bits per heavy atom. The Morgan fingerprint density at radius 2 is 1.29 bits per heavy atom. The van der Waals surface area contributed by atoms with Gasteiger partial charge in [-0.25, -0.2) is 9.97 Å². The molecular formula is C47H31N3S. The van der Waals surface area contributed by atoms with Crippen LogP contribution in [0.1, 0.15) is 25.0 Å². The van der Waals surface area contributed by atoms with Crippen molar-refractivity contribution in [2.24, 2.45) is 0 Å². The molecule has 0 aliphatic heterocycles. The fourth-order valence-corrected chi connectivity index (χ4v) is 10.0. The second-order valence-electron chi connectivity index (χ2n) is 14.1. The molecule has 3 nitrogen and oxygen atoms in total. The van der Waals surface area contributed by atoms with E-state index in [1.165, 1.54) is 64.2 Å². The van der Waals surface area contributed by atoms with Crippen molar-refractivity contribution in [3.05, 3.63) is 163 Å².